The van der Waals surface area contributed by atoms with E-state index in [9.17, 15) is 8.42 Å². The Bertz CT molecular complexity index is 540. The van der Waals surface area contributed by atoms with Crippen LogP contribution in [0.5, 0.6) is 0 Å². The van der Waals surface area contributed by atoms with E-state index in [-0.39, 0.29) is 5.41 Å². The summed E-state index contributed by atoms with van der Waals surface area (Å²) in [6.45, 7) is 13.0. The second-order valence-corrected chi connectivity index (χ2v) is 9.26. The molecule has 0 atom stereocenters. The summed E-state index contributed by atoms with van der Waals surface area (Å²) in [5.41, 5.74) is 0.741. The smallest absolute Gasteiger partial charge is 0.242 e. The monoisotopic (exact) mass is 318 g/mol. The van der Waals surface area contributed by atoms with Crippen molar-refractivity contribution in [2.24, 2.45) is 5.41 Å². The van der Waals surface area contributed by atoms with Gasteiger partial charge < -0.3 is 5.32 Å². The molecule has 1 heterocycles. The van der Waals surface area contributed by atoms with Crippen LogP contribution in [-0.4, -0.2) is 21.0 Å². The molecule has 0 saturated carbocycles. The third kappa shape index (κ3) is 5.16. The van der Waals surface area contributed by atoms with E-state index in [0.717, 1.165) is 10.4 Å². The van der Waals surface area contributed by atoms with E-state index in [1.54, 1.807) is 0 Å². The quantitative estimate of drug-likeness (QED) is 0.848. The van der Waals surface area contributed by atoms with Gasteiger partial charge >= 0.3 is 0 Å². The van der Waals surface area contributed by atoms with E-state index in [1.807, 2.05) is 46.9 Å². The second-order valence-electron chi connectivity index (χ2n) is 6.59. The summed E-state index contributed by atoms with van der Waals surface area (Å²) in [4.78, 5) is 1.32. The maximum atomic E-state index is 12.5. The molecule has 0 aromatic carbocycles. The summed E-state index contributed by atoms with van der Waals surface area (Å²) in [6.07, 6.45) is 0. The molecule has 0 fully saturated rings. The van der Waals surface area contributed by atoms with Gasteiger partial charge in [0.2, 0.25) is 10.0 Å². The lowest BCUT2D eigenvalue weighted by molar-refractivity contribution is 0.407. The van der Waals surface area contributed by atoms with Gasteiger partial charge in [0, 0.05) is 24.0 Å². The molecule has 0 aliphatic heterocycles. The Morgan fingerprint density at radius 1 is 1.30 bits per heavy atom. The predicted octanol–water partition coefficient (Wildman–Crippen LogP) is 2.88. The summed E-state index contributed by atoms with van der Waals surface area (Å²) < 4.78 is 27.7. The summed E-state index contributed by atoms with van der Waals surface area (Å²) in [7, 11) is -3.44. The minimum absolute atomic E-state index is 0.0760. The van der Waals surface area contributed by atoms with E-state index in [4.69, 9.17) is 0 Å². The largest absolute Gasteiger partial charge is 0.310 e. The molecule has 0 radical (unpaired) electrons. The van der Waals surface area contributed by atoms with Crippen molar-refractivity contribution in [3.05, 3.63) is 15.8 Å². The summed E-state index contributed by atoms with van der Waals surface area (Å²) in [5, 5.41) is 5.18. The fourth-order valence-corrected chi connectivity index (χ4v) is 4.69. The highest BCUT2D eigenvalue weighted by molar-refractivity contribution is 7.89. The molecule has 0 amide bonds. The first-order valence-electron chi connectivity index (χ1n) is 6.83. The third-order valence-corrected chi connectivity index (χ3v) is 5.59. The molecule has 2 N–H and O–H groups in total. The predicted molar refractivity (Wildman–Crippen MR) is 85.7 cm³/mol. The number of aryl methyl sites for hydroxylation is 1. The number of hydrogen-bond donors (Lipinski definition) is 2. The molecular weight excluding hydrogens is 292 g/mol. The minimum Gasteiger partial charge on any atom is -0.310 e. The van der Waals surface area contributed by atoms with Crippen LogP contribution in [0.15, 0.2) is 10.3 Å². The Morgan fingerprint density at radius 3 is 2.40 bits per heavy atom. The summed E-state index contributed by atoms with van der Waals surface area (Å²) in [6, 6.07) is 0.329. The number of nitrogens with one attached hydrogen (secondary N) is 2. The number of sulfonamides is 1. The molecule has 6 heteroatoms. The molecule has 0 saturated heterocycles. The first kappa shape index (κ1) is 17.6. The van der Waals surface area contributed by atoms with E-state index in [1.165, 1.54) is 11.3 Å². The SMILES string of the molecule is Cc1csc(CNC(C)C)c1S(=O)(=O)NCC(C)(C)C. The van der Waals surface area contributed by atoms with Crippen LogP contribution in [0, 0.1) is 12.3 Å². The van der Waals surface area contributed by atoms with Gasteiger partial charge in [0.1, 0.15) is 4.90 Å². The fourth-order valence-electron chi connectivity index (χ4n) is 1.65. The highest BCUT2D eigenvalue weighted by Crippen LogP contribution is 2.27. The van der Waals surface area contributed by atoms with Crippen LogP contribution in [0.2, 0.25) is 0 Å². The highest BCUT2D eigenvalue weighted by Gasteiger charge is 2.24. The number of thiophene rings is 1. The van der Waals surface area contributed by atoms with Crippen molar-refractivity contribution >= 4 is 21.4 Å². The maximum absolute atomic E-state index is 12.5. The van der Waals surface area contributed by atoms with Crippen molar-refractivity contribution in [3.8, 4) is 0 Å². The zero-order valence-electron chi connectivity index (χ0n) is 13.2. The molecule has 1 aromatic heterocycles. The van der Waals surface area contributed by atoms with Crippen molar-refractivity contribution in [3.63, 3.8) is 0 Å². The van der Waals surface area contributed by atoms with Crippen LogP contribution in [0.3, 0.4) is 0 Å². The van der Waals surface area contributed by atoms with Crippen LogP contribution in [0.1, 0.15) is 45.1 Å². The maximum Gasteiger partial charge on any atom is 0.242 e. The molecule has 0 aliphatic carbocycles. The lowest BCUT2D eigenvalue weighted by atomic mass is 9.98. The standard InChI is InChI=1S/C14H26N2O2S2/c1-10(2)15-7-12-13(11(3)8-19-12)20(17,18)16-9-14(4,5)6/h8,10,15-16H,7,9H2,1-6H3. The molecule has 20 heavy (non-hydrogen) atoms. The fraction of sp³-hybridized carbons (Fsp3) is 0.714. The average molecular weight is 319 g/mol. The van der Waals surface area contributed by atoms with Crippen LogP contribution >= 0.6 is 11.3 Å². The molecule has 116 valence electrons. The van der Waals surface area contributed by atoms with Crippen LogP contribution in [0.25, 0.3) is 0 Å². The van der Waals surface area contributed by atoms with E-state index in [2.05, 4.69) is 10.0 Å². The molecular formula is C14H26N2O2S2. The van der Waals surface area contributed by atoms with Gasteiger partial charge in [0.15, 0.2) is 0 Å². The summed E-state index contributed by atoms with van der Waals surface area (Å²) in [5.74, 6) is 0. The van der Waals surface area contributed by atoms with Crippen molar-refractivity contribution < 1.29 is 8.42 Å². The lowest BCUT2D eigenvalue weighted by Gasteiger charge is -2.19. The van der Waals surface area contributed by atoms with Crippen LogP contribution < -0.4 is 10.0 Å². The van der Waals surface area contributed by atoms with Gasteiger partial charge in [0.25, 0.3) is 0 Å². The Labute approximate surface area is 127 Å². The molecule has 0 bridgehead atoms. The second kappa shape index (κ2) is 6.56. The molecule has 1 aromatic rings. The Hall–Kier alpha value is -0.430. The van der Waals surface area contributed by atoms with Crippen LogP contribution in [0.4, 0.5) is 0 Å². The zero-order valence-corrected chi connectivity index (χ0v) is 14.8. The number of hydrogen-bond acceptors (Lipinski definition) is 4. The molecule has 0 unspecified atom stereocenters. The van der Waals surface area contributed by atoms with Crippen molar-refractivity contribution in [1.82, 2.24) is 10.0 Å². The molecule has 0 spiro atoms. The van der Waals surface area contributed by atoms with Gasteiger partial charge in [-0.25, -0.2) is 13.1 Å². The third-order valence-electron chi connectivity index (χ3n) is 2.72. The number of rotatable bonds is 6. The van der Waals surface area contributed by atoms with Gasteiger partial charge in [-0.2, -0.15) is 0 Å². The first-order chi connectivity index (χ1) is 9.03. The lowest BCUT2D eigenvalue weighted by Crippen LogP contribution is -2.33. The Morgan fingerprint density at radius 2 is 1.90 bits per heavy atom. The minimum atomic E-state index is -3.44. The van der Waals surface area contributed by atoms with E-state index >= 15 is 0 Å². The van der Waals surface area contributed by atoms with Gasteiger partial charge in [0.05, 0.1) is 0 Å². The van der Waals surface area contributed by atoms with Crippen molar-refractivity contribution in [1.29, 1.82) is 0 Å². The van der Waals surface area contributed by atoms with Crippen molar-refractivity contribution in [2.75, 3.05) is 6.54 Å². The first-order valence-corrected chi connectivity index (χ1v) is 9.19. The molecule has 1 rings (SSSR count). The highest BCUT2D eigenvalue weighted by atomic mass is 32.2. The van der Waals surface area contributed by atoms with E-state index in [0.29, 0.717) is 24.0 Å². The normalized spacial score (nSPS) is 13.2. The molecule has 4 nitrogen and oxygen atoms in total. The van der Waals surface area contributed by atoms with E-state index < -0.39 is 10.0 Å². The van der Waals surface area contributed by atoms with Gasteiger partial charge in [-0.15, -0.1) is 11.3 Å². The Balaban J connectivity index is 2.96. The van der Waals surface area contributed by atoms with Crippen LogP contribution in [-0.2, 0) is 16.6 Å². The molecule has 0 aliphatic rings. The zero-order chi connectivity index (χ0) is 15.6. The average Bonchev–Trinajstić information content (AvgIpc) is 2.65. The Kier molecular flexibility index (Phi) is 5.78. The van der Waals surface area contributed by atoms with Gasteiger partial charge in [-0.1, -0.05) is 34.6 Å². The summed E-state index contributed by atoms with van der Waals surface area (Å²) >= 11 is 1.50. The van der Waals surface area contributed by atoms with Gasteiger partial charge in [-0.05, 0) is 23.3 Å². The van der Waals surface area contributed by atoms with Gasteiger partial charge in [-0.3, -0.25) is 0 Å². The topological polar surface area (TPSA) is 58.2 Å². The van der Waals surface area contributed by atoms with Crippen molar-refractivity contribution in [2.45, 2.75) is 59.0 Å².